The average molecular weight is 598 g/mol. The highest BCUT2D eigenvalue weighted by Crippen LogP contribution is 2.23. The lowest BCUT2D eigenvalue weighted by Gasteiger charge is -2.32. The summed E-state index contributed by atoms with van der Waals surface area (Å²) in [6.07, 6.45) is 2.40. The van der Waals surface area contributed by atoms with Crippen LogP contribution in [0.3, 0.4) is 0 Å². The Morgan fingerprint density at radius 2 is 1.60 bits per heavy atom. The molecule has 0 aliphatic rings. The second-order valence-corrected chi connectivity index (χ2v) is 11.9. The monoisotopic (exact) mass is 597 g/mol. The van der Waals surface area contributed by atoms with Gasteiger partial charge in [0.1, 0.15) is 17.6 Å². The Kier molecular flexibility index (Phi) is 12.3. The second kappa shape index (κ2) is 15.9. The van der Waals surface area contributed by atoms with Crippen LogP contribution >= 0.6 is 0 Å². The van der Waals surface area contributed by atoms with Crippen LogP contribution in [0.15, 0.2) is 78.9 Å². The van der Waals surface area contributed by atoms with Crippen molar-refractivity contribution < 1.29 is 27.1 Å². The van der Waals surface area contributed by atoms with Crippen molar-refractivity contribution in [3.8, 4) is 5.75 Å². The molecule has 0 heterocycles. The molecular formula is C32H40FN3O5S. The smallest absolute Gasteiger partial charge is 0.243 e. The zero-order valence-electron chi connectivity index (χ0n) is 24.5. The SMILES string of the molecule is CCCNC(=O)C(Cc1ccccc1)N(Cc1ccc(F)cc1)C(=O)CCCN(c1ccc(OCC)cc1)S(C)(=O)=O. The van der Waals surface area contributed by atoms with Crippen molar-refractivity contribution in [1.82, 2.24) is 10.2 Å². The molecule has 0 bridgehead atoms. The molecule has 42 heavy (non-hydrogen) atoms. The van der Waals surface area contributed by atoms with Crippen molar-refractivity contribution >= 4 is 27.5 Å². The molecule has 0 aliphatic carbocycles. The molecule has 226 valence electrons. The van der Waals surface area contributed by atoms with E-state index in [0.29, 0.717) is 36.6 Å². The summed E-state index contributed by atoms with van der Waals surface area (Å²) >= 11 is 0. The number of carbonyl (C=O) groups is 2. The number of halogens is 1. The summed E-state index contributed by atoms with van der Waals surface area (Å²) in [6.45, 7) is 4.96. The summed E-state index contributed by atoms with van der Waals surface area (Å²) < 4.78 is 45.6. The molecular weight excluding hydrogens is 557 g/mol. The van der Waals surface area contributed by atoms with Crippen molar-refractivity contribution in [2.75, 3.05) is 30.3 Å². The van der Waals surface area contributed by atoms with Gasteiger partial charge >= 0.3 is 0 Å². The Bertz CT molecular complexity index is 1380. The molecule has 3 rings (SSSR count). The van der Waals surface area contributed by atoms with E-state index in [1.807, 2.05) is 44.2 Å². The zero-order chi connectivity index (χ0) is 30.5. The third-order valence-corrected chi connectivity index (χ3v) is 7.87. The van der Waals surface area contributed by atoms with E-state index in [1.54, 1.807) is 36.4 Å². The number of amides is 2. The summed E-state index contributed by atoms with van der Waals surface area (Å²) in [5, 5.41) is 2.92. The van der Waals surface area contributed by atoms with Crippen molar-refractivity contribution in [3.05, 3.63) is 95.8 Å². The summed E-state index contributed by atoms with van der Waals surface area (Å²) in [4.78, 5) is 28.7. The molecule has 10 heteroatoms. The Morgan fingerprint density at radius 1 is 0.929 bits per heavy atom. The molecule has 0 radical (unpaired) electrons. The molecule has 0 aliphatic heterocycles. The second-order valence-electron chi connectivity index (χ2n) is 10.0. The number of benzene rings is 3. The fraction of sp³-hybridized carbons (Fsp3) is 0.375. The van der Waals surface area contributed by atoms with E-state index in [0.717, 1.165) is 18.2 Å². The third kappa shape index (κ3) is 9.87. The summed E-state index contributed by atoms with van der Waals surface area (Å²) in [7, 11) is -3.63. The van der Waals surface area contributed by atoms with Crippen LogP contribution in [0.4, 0.5) is 10.1 Å². The molecule has 0 saturated carbocycles. The number of anilines is 1. The van der Waals surface area contributed by atoms with Crippen molar-refractivity contribution in [2.45, 2.75) is 52.1 Å². The van der Waals surface area contributed by atoms with Gasteiger partial charge in [0.15, 0.2) is 0 Å². The van der Waals surface area contributed by atoms with Gasteiger partial charge in [0, 0.05) is 32.5 Å². The number of ether oxygens (including phenoxy) is 1. The molecule has 0 saturated heterocycles. The molecule has 1 atom stereocenters. The van der Waals surface area contributed by atoms with Gasteiger partial charge in [0.25, 0.3) is 0 Å². The highest BCUT2D eigenvalue weighted by Gasteiger charge is 2.30. The quantitative estimate of drug-likeness (QED) is 0.253. The predicted molar refractivity (Wildman–Crippen MR) is 163 cm³/mol. The number of hydrogen-bond acceptors (Lipinski definition) is 5. The Labute approximate surface area is 248 Å². The van der Waals surface area contributed by atoms with Gasteiger partial charge in [-0.25, -0.2) is 12.8 Å². The Balaban J connectivity index is 1.84. The van der Waals surface area contributed by atoms with E-state index >= 15 is 0 Å². The zero-order valence-corrected chi connectivity index (χ0v) is 25.3. The maximum Gasteiger partial charge on any atom is 0.243 e. The van der Waals surface area contributed by atoms with Crippen LogP contribution in [0.25, 0.3) is 0 Å². The molecule has 3 aromatic rings. The molecule has 3 aromatic carbocycles. The summed E-state index contributed by atoms with van der Waals surface area (Å²) in [6, 6.07) is 21.2. The molecule has 2 amide bonds. The lowest BCUT2D eigenvalue weighted by Crippen LogP contribution is -2.50. The van der Waals surface area contributed by atoms with Crippen LogP contribution in [-0.4, -0.2) is 57.1 Å². The lowest BCUT2D eigenvalue weighted by atomic mass is 10.0. The van der Waals surface area contributed by atoms with E-state index < -0.39 is 21.9 Å². The Morgan fingerprint density at radius 3 is 2.19 bits per heavy atom. The first kappa shape index (κ1) is 32.6. The van der Waals surface area contributed by atoms with Crippen LogP contribution in [-0.2, 0) is 32.6 Å². The summed E-state index contributed by atoms with van der Waals surface area (Å²) in [5.41, 5.74) is 2.04. The first-order chi connectivity index (χ1) is 20.1. The fourth-order valence-electron chi connectivity index (χ4n) is 4.59. The van der Waals surface area contributed by atoms with Crippen LogP contribution < -0.4 is 14.4 Å². The number of rotatable bonds is 16. The van der Waals surface area contributed by atoms with Gasteiger partial charge < -0.3 is 15.0 Å². The van der Waals surface area contributed by atoms with E-state index in [4.69, 9.17) is 4.74 Å². The number of sulfonamides is 1. The van der Waals surface area contributed by atoms with E-state index in [2.05, 4.69) is 5.32 Å². The molecule has 0 fully saturated rings. The third-order valence-electron chi connectivity index (χ3n) is 6.67. The maximum atomic E-state index is 13.8. The minimum atomic E-state index is -3.63. The molecule has 1 N–H and O–H groups in total. The van der Waals surface area contributed by atoms with Crippen LogP contribution in [0, 0.1) is 5.82 Å². The van der Waals surface area contributed by atoms with Crippen molar-refractivity contribution in [3.63, 3.8) is 0 Å². The van der Waals surface area contributed by atoms with E-state index in [9.17, 15) is 22.4 Å². The maximum absolute atomic E-state index is 13.8. The van der Waals surface area contributed by atoms with Crippen LogP contribution in [0.2, 0.25) is 0 Å². The molecule has 1 unspecified atom stereocenters. The van der Waals surface area contributed by atoms with E-state index in [1.165, 1.54) is 21.3 Å². The highest BCUT2D eigenvalue weighted by molar-refractivity contribution is 7.92. The minimum absolute atomic E-state index is 0.0105. The van der Waals surface area contributed by atoms with Gasteiger partial charge in [-0.1, -0.05) is 49.4 Å². The van der Waals surface area contributed by atoms with Gasteiger partial charge in [-0.15, -0.1) is 0 Å². The number of hydrogen-bond donors (Lipinski definition) is 1. The normalized spacial score (nSPS) is 11.9. The lowest BCUT2D eigenvalue weighted by molar-refractivity contribution is -0.141. The highest BCUT2D eigenvalue weighted by atomic mass is 32.2. The van der Waals surface area contributed by atoms with Gasteiger partial charge in [-0.2, -0.15) is 0 Å². The number of carbonyl (C=O) groups excluding carboxylic acids is 2. The van der Waals surface area contributed by atoms with Gasteiger partial charge in [0.2, 0.25) is 21.8 Å². The topological polar surface area (TPSA) is 96.0 Å². The fourth-order valence-corrected chi connectivity index (χ4v) is 5.55. The predicted octanol–water partition coefficient (Wildman–Crippen LogP) is 4.94. The Hall–Kier alpha value is -3.92. The number of nitrogens with one attached hydrogen (secondary N) is 1. The van der Waals surface area contributed by atoms with Gasteiger partial charge in [-0.05, 0) is 67.3 Å². The largest absolute Gasteiger partial charge is 0.494 e. The van der Waals surface area contributed by atoms with Crippen LogP contribution in [0.5, 0.6) is 5.75 Å². The number of nitrogens with zero attached hydrogens (tertiary/aromatic N) is 2. The molecule has 0 aromatic heterocycles. The first-order valence-electron chi connectivity index (χ1n) is 14.2. The first-order valence-corrected chi connectivity index (χ1v) is 16.0. The standard InChI is InChI=1S/C32H40FN3O5S/c1-4-21-34-32(38)30(23-25-10-7-6-8-11-25)35(24-26-13-15-27(33)16-14-26)31(37)12-9-22-36(42(3,39)40)28-17-19-29(20-18-28)41-5-2/h6-8,10-11,13-20,30H,4-5,9,12,21-24H2,1-3H3,(H,34,38). The van der Waals surface area contributed by atoms with E-state index in [-0.39, 0.29) is 37.7 Å². The molecule has 0 spiro atoms. The van der Waals surface area contributed by atoms with Crippen molar-refractivity contribution in [1.29, 1.82) is 0 Å². The van der Waals surface area contributed by atoms with Gasteiger partial charge in [-0.3, -0.25) is 13.9 Å². The average Bonchev–Trinajstić information content (AvgIpc) is 2.97. The van der Waals surface area contributed by atoms with Gasteiger partial charge in [0.05, 0.1) is 18.6 Å². The molecule has 8 nitrogen and oxygen atoms in total. The van der Waals surface area contributed by atoms with Crippen molar-refractivity contribution in [2.24, 2.45) is 0 Å². The summed E-state index contributed by atoms with van der Waals surface area (Å²) in [5.74, 6) is -0.337. The minimum Gasteiger partial charge on any atom is -0.494 e. The van der Waals surface area contributed by atoms with Crippen LogP contribution in [0.1, 0.15) is 44.2 Å².